The first-order valence-corrected chi connectivity index (χ1v) is 5.85. The molecule has 0 saturated carbocycles. The smallest absolute Gasteiger partial charge is 0.0619 e. The maximum absolute atomic E-state index is 6.42. The molecular weight excluding hydrogens is 192 g/mol. The van der Waals surface area contributed by atoms with Gasteiger partial charge in [-0.25, -0.2) is 0 Å². The van der Waals surface area contributed by atoms with Gasteiger partial charge < -0.3 is 0 Å². The molecular formula is C13H17Cl. The maximum atomic E-state index is 6.42. The van der Waals surface area contributed by atoms with Crippen molar-refractivity contribution < 1.29 is 0 Å². The highest BCUT2D eigenvalue weighted by molar-refractivity contribution is 6.21. The molecule has 0 radical (unpaired) electrons. The van der Waals surface area contributed by atoms with Gasteiger partial charge in [0, 0.05) is 0 Å². The molecule has 76 valence electrons. The highest BCUT2D eigenvalue weighted by Gasteiger charge is 2.33. The predicted molar refractivity (Wildman–Crippen MR) is 62.0 cm³/mol. The second kappa shape index (κ2) is 3.58. The summed E-state index contributed by atoms with van der Waals surface area (Å²) in [6, 6.07) is 6.78. The van der Waals surface area contributed by atoms with Gasteiger partial charge in [0.05, 0.1) is 5.38 Å². The zero-order chi connectivity index (χ0) is 10.3. The average Bonchev–Trinajstić information content (AvgIpc) is 2.44. The summed E-state index contributed by atoms with van der Waals surface area (Å²) in [7, 11) is 0. The number of hydrogen-bond acceptors (Lipinski definition) is 0. The molecule has 0 saturated heterocycles. The van der Waals surface area contributed by atoms with Crippen LogP contribution in [0.1, 0.15) is 48.8 Å². The van der Waals surface area contributed by atoms with Crippen molar-refractivity contribution in [1.82, 2.24) is 0 Å². The first-order chi connectivity index (χ1) is 6.65. The van der Waals surface area contributed by atoms with Gasteiger partial charge in [0.2, 0.25) is 0 Å². The molecule has 0 fully saturated rings. The molecule has 2 rings (SSSR count). The molecule has 0 nitrogen and oxygen atoms in total. The minimum Gasteiger partial charge on any atom is -0.117 e. The van der Waals surface area contributed by atoms with E-state index in [1.165, 1.54) is 16.7 Å². The van der Waals surface area contributed by atoms with Gasteiger partial charge in [-0.3, -0.25) is 0 Å². The number of hydrogen-bond donors (Lipinski definition) is 0. The molecule has 0 spiro atoms. The molecule has 14 heavy (non-hydrogen) atoms. The van der Waals surface area contributed by atoms with Crippen molar-refractivity contribution in [2.75, 3.05) is 0 Å². The van der Waals surface area contributed by atoms with Crippen LogP contribution in [0.4, 0.5) is 0 Å². The summed E-state index contributed by atoms with van der Waals surface area (Å²) in [4.78, 5) is 0. The average molecular weight is 209 g/mol. The largest absolute Gasteiger partial charge is 0.117 e. The summed E-state index contributed by atoms with van der Waals surface area (Å²) < 4.78 is 0. The van der Waals surface area contributed by atoms with Crippen LogP contribution in [-0.4, -0.2) is 0 Å². The molecule has 0 amide bonds. The number of benzene rings is 1. The van der Waals surface area contributed by atoms with Crippen LogP contribution in [0.2, 0.25) is 0 Å². The minimum atomic E-state index is 0.214. The zero-order valence-corrected chi connectivity index (χ0v) is 9.81. The van der Waals surface area contributed by atoms with Crippen LogP contribution in [0.25, 0.3) is 0 Å². The van der Waals surface area contributed by atoms with E-state index >= 15 is 0 Å². The van der Waals surface area contributed by atoms with Crippen LogP contribution in [0.15, 0.2) is 18.2 Å². The molecule has 1 aromatic carbocycles. The predicted octanol–water partition coefficient (Wildman–Crippen LogP) is 4.28. The molecule has 3 unspecified atom stereocenters. The Morgan fingerprint density at radius 2 is 1.93 bits per heavy atom. The Morgan fingerprint density at radius 1 is 1.21 bits per heavy atom. The van der Waals surface area contributed by atoms with E-state index in [4.69, 9.17) is 11.6 Å². The Hall–Kier alpha value is -0.490. The number of alkyl halides is 1. The second-order valence-electron chi connectivity index (χ2n) is 4.37. The first-order valence-electron chi connectivity index (χ1n) is 5.42. The minimum absolute atomic E-state index is 0.214. The second-order valence-corrected chi connectivity index (χ2v) is 4.84. The SMILES string of the molecule is CCc1ccc2c(c1)C(Cl)C(C)C2C. The van der Waals surface area contributed by atoms with Crippen LogP contribution >= 0.6 is 11.6 Å². The number of aryl methyl sites for hydroxylation is 1. The van der Waals surface area contributed by atoms with Crippen LogP contribution < -0.4 is 0 Å². The number of fused-ring (bicyclic) bond motifs is 1. The van der Waals surface area contributed by atoms with E-state index in [0.717, 1.165) is 6.42 Å². The lowest BCUT2D eigenvalue weighted by atomic mass is 9.96. The molecule has 0 N–H and O–H groups in total. The van der Waals surface area contributed by atoms with Gasteiger partial charge in [0.15, 0.2) is 0 Å². The Kier molecular flexibility index (Phi) is 2.57. The number of halogens is 1. The lowest BCUT2D eigenvalue weighted by Gasteiger charge is -2.11. The van der Waals surface area contributed by atoms with Crippen LogP contribution in [0, 0.1) is 5.92 Å². The molecule has 1 aliphatic rings. The van der Waals surface area contributed by atoms with Gasteiger partial charge in [0.25, 0.3) is 0 Å². The van der Waals surface area contributed by atoms with Gasteiger partial charge in [-0.1, -0.05) is 39.0 Å². The Balaban J connectivity index is 2.48. The lowest BCUT2D eigenvalue weighted by Crippen LogP contribution is -2.00. The van der Waals surface area contributed by atoms with E-state index < -0.39 is 0 Å². The van der Waals surface area contributed by atoms with Crippen LogP contribution in [0.5, 0.6) is 0 Å². The van der Waals surface area contributed by atoms with E-state index in [0.29, 0.717) is 11.8 Å². The van der Waals surface area contributed by atoms with E-state index in [2.05, 4.69) is 39.0 Å². The van der Waals surface area contributed by atoms with Gasteiger partial charge in [-0.05, 0) is 34.9 Å². The fourth-order valence-electron chi connectivity index (χ4n) is 2.32. The zero-order valence-electron chi connectivity index (χ0n) is 9.05. The monoisotopic (exact) mass is 208 g/mol. The quantitative estimate of drug-likeness (QED) is 0.605. The van der Waals surface area contributed by atoms with Gasteiger partial charge in [-0.2, -0.15) is 0 Å². The fraction of sp³-hybridized carbons (Fsp3) is 0.538. The van der Waals surface area contributed by atoms with Crippen LogP contribution in [0.3, 0.4) is 0 Å². The molecule has 1 heteroatoms. The first kappa shape index (κ1) is 10.0. The third kappa shape index (κ3) is 1.37. The van der Waals surface area contributed by atoms with Crippen molar-refractivity contribution in [1.29, 1.82) is 0 Å². The summed E-state index contributed by atoms with van der Waals surface area (Å²) in [6.07, 6.45) is 1.10. The van der Waals surface area contributed by atoms with Crippen molar-refractivity contribution in [3.8, 4) is 0 Å². The topological polar surface area (TPSA) is 0 Å². The molecule has 3 atom stereocenters. The standard InChI is InChI=1S/C13H17Cl/c1-4-10-5-6-11-8(2)9(3)13(14)12(11)7-10/h5-9,13H,4H2,1-3H3. The fourth-order valence-corrected chi connectivity index (χ4v) is 2.72. The normalized spacial score (nSPS) is 30.4. The number of rotatable bonds is 1. The lowest BCUT2D eigenvalue weighted by molar-refractivity contribution is 0.519. The Bertz CT molecular complexity index is 343. The van der Waals surface area contributed by atoms with Crippen molar-refractivity contribution in [2.24, 2.45) is 5.92 Å². The van der Waals surface area contributed by atoms with Crippen molar-refractivity contribution in [3.05, 3.63) is 34.9 Å². The molecule has 1 aliphatic carbocycles. The summed E-state index contributed by atoms with van der Waals surface area (Å²) in [5, 5.41) is 0.214. The Morgan fingerprint density at radius 3 is 2.57 bits per heavy atom. The molecule has 0 heterocycles. The molecule has 0 aliphatic heterocycles. The molecule has 0 aromatic heterocycles. The van der Waals surface area contributed by atoms with Gasteiger partial charge >= 0.3 is 0 Å². The summed E-state index contributed by atoms with van der Waals surface area (Å²) >= 11 is 6.42. The Labute approximate surface area is 91.3 Å². The summed E-state index contributed by atoms with van der Waals surface area (Å²) in [5.74, 6) is 1.18. The maximum Gasteiger partial charge on any atom is 0.0619 e. The van der Waals surface area contributed by atoms with E-state index in [1.54, 1.807) is 0 Å². The third-order valence-electron chi connectivity index (χ3n) is 3.60. The van der Waals surface area contributed by atoms with Crippen LogP contribution in [-0.2, 0) is 6.42 Å². The molecule has 1 aromatic rings. The molecule has 0 bridgehead atoms. The van der Waals surface area contributed by atoms with Crippen molar-refractivity contribution in [2.45, 2.75) is 38.5 Å². The van der Waals surface area contributed by atoms with Crippen molar-refractivity contribution in [3.63, 3.8) is 0 Å². The van der Waals surface area contributed by atoms with E-state index in [-0.39, 0.29) is 5.38 Å². The van der Waals surface area contributed by atoms with Crippen molar-refractivity contribution >= 4 is 11.6 Å². The third-order valence-corrected chi connectivity index (χ3v) is 4.23. The summed E-state index contributed by atoms with van der Waals surface area (Å²) in [5.41, 5.74) is 4.22. The highest BCUT2D eigenvalue weighted by atomic mass is 35.5. The van der Waals surface area contributed by atoms with E-state index in [1.807, 2.05) is 0 Å². The highest BCUT2D eigenvalue weighted by Crippen LogP contribution is 2.48. The van der Waals surface area contributed by atoms with Gasteiger partial charge in [-0.15, -0.1) is 11.6 Å². The summed E-state index contributed by atoms with van der Waals surface area (Å²) in [6.45, 7) is 6.71. The van der Waals surface area contributed by atoms with Gasteiger partial charge in [0.1, 0.15) is 0 Å². The van der Waals surface area contributed by atoms with E-state index in [9.17, 15) is 0 Å².